The van der Waals surface area contributed by atoms with Crippen molar-refractivity contribution in [2.45, 2.75) is 23.8 Å². The van der Waals surface area contributed by atoms with Gasteiger partial charge in [0.2, 0.25) is 0 Å². The minimum atomic E-state index is -4.52. The van der Waals surface area contributed by atoms with Crippen LogP contribution in [0.3, 0.4) is 0 Å². The summed E-state index contributed by atoms with van der Waals surface area (Å²) in [6.45, 7) is 0.246. The lowest BCUT2D eigenvalue weighted by Gasteiger charge is -2.22. The molecule has 2 rings (SSSR count). The molecule has 1 atom stereocenters. The Hall–Kier alpha value is -2.23. The predicted molar refractivity (Wildman–Crippen MR) is 73.8 cm³/mol. The number of methoxy groups -OCH3 is 1. The number of carbonyl (C=O) groups excluding carboxylic acids is 2. The third-order valence-corrected chi connectivity index (χ3v) is 4.76. The largest absolute Gasteiger partial charge is 0.453 e. The van der Waals surface area contributed by atoms with Crippen molar-refractivity contribution >= 4 is 22.0 Å². The van der Waals surface area contributed by atoms with Crippen molar-refractivity contribution in [3.8, 4) is 0 Å². The Labute approximate surface area is 131 Å². The first kappa shape index (κ1) is 17.1. The van der Waals surface area contributed by atoms with Crippen LogP contribution in [0.1, 0.15) is 12.8 Å². The van der Waals surface area contributed by atoms with Gasteiger partial charge in [-0.1, -0.05) is 0 Å². The number of hydrogen-bond donors (Lipinski definition) is 1. The number of halogens is 2. The summed E-state index contributed by atoms with van der Waals surface area (Å²) in [5.74, 6) is -3.24. The van der Waals surface area contributed by atoms with Gasteiger partial charge < -0.3 is 4.74 Å². The zero-order chi connectivity index (χ0) is 17.2. The van der Waals surface area contributed by atoms with Crippen molar-refractivity contribution < 1.29 is 31.5 Å². The van der Waals surface area contributed by atoms with Crippen molar-refractivity contribution in [1.82, 2.24) is 9.62 Å². The van der Waals surface area contributed by atoms with Crippen molar-refractivity contribution in [3.05, 3.63) is 29.8 Å². The third kappa shape index (κ3) is 3.58. The van der Waals surface area contributed by atoms with E-state index in [0.717, 1.165) is 18.1 Å². The van der Waals surface area contributed by atoms with Crippen LogP contribution < -0.4 is 4.72 Å². The molecule has 0 saturated carbocycles. The Morgan fingerprint density at radius 1 is 1.35 bits per heavy atom. The second kappa shape index (κ2) is 6.49. The normalized spacial score (nSPS) is 17.9. The minimum Gasteiger partial charge on any atom is -0.453 e. The Kier molecular flexibility index (Phi) is 4.83. The average Bonchev–Trinajstić information content (AvgIpc) is 2.95. The predicted octanol–water partition coefficient (Wildman–Crippen LogP) is 1.00. The number of amides is 2. The zero-order valence-corrected chi connectivity index (χ0v) is 12.9. The summed E-state index contributed by atoms with van der Waals surface area (Å²) in [7, 11) is -3.38. The molecular weight excluding hydrogens is 334 g/mol. The molecule has 1 aliphatic heterocycles. The maximum absolute atomic E-state index is 13.6. The first-order valence-corrected chi connectivity index (χ1v) is 8.11. The molecule has 126 valence electrons. The maximum atomic E-state index is 13.6. The summed E-state index contributed by atoms with van der Waals surface area (Å²) in [6, 6.07) is 0.849. The number of carbonyl (C=O) groups is 2. The Morgan fingerprint density at radius 2 is 2.04 bits per heavy atom. The van der Waals surface area contributed by atoms with Gasteiger partial charge >= 0.3 is 6.09 Å². The van der Waals surface area contributed by atoms with Gasteiger partial charge in [-0.2, -0.15) is 0 Å². The molecule has 1 unspecified atom stereocenters. The number of ether oxygens (including phenoxy) is 1. The molecule has 0 bridgehead atoms. The first-order chi connectivity index (χ1) is 10.8. The van der Waals surface area contributed by atoms with E-state index < -0.39 is 44.6 Å². The van der Waals surface area contributed by atoms with Crippen LogP contribution in [0.15, 0.2) is 23.1 Å². The number of nitrogens with zero attached hydrogens (tertiary/aromatic N) is 1. The molecule has 0 radical (unpaired) electrons. The van der Waals surface area contributed by atoms with Crippen molar-refractivity contribution in [2.75, 3.05) is 13.7 Å². The smallest absolute Gasteiger partial charge is 0.410 e. The van der Waals surface area contributed by atoms with Crippen molar-refractivity contribution in [1.29, 1.82) is 0 Å². The summed E-state index contributed by atoms with van der Waals surface area (Å²) in [5, 5.41) is 0. The van der Waals surface area contributed by atoms with Gasteiger partial charge in [0.25, 0.3) is 15.9 Å². The Morgan fingerprint density at radius 3 is 2.65 bits per heavy atom. The van der Waals surface area contributed by atoms with Crippen LogP contribution in [0.5, 0.6) is 0 Å². The van der Waals surface area contributed by atoms with E-state index in [1.807, 2.05) is 0 Å². The highest BCUT2D eigenvalue weighted by Crippen LogP contribution is 2.20. The fraction of sp³-hybridized carbons (Fsp3) is 0.385. The molecule has 1 aromatic carbocycles. The lowest BCUT2D eigenvalue weighted by molar-refractivity contribution is -0.123. The minimum absolute atomic E-state index is 0.246. The Balaban J connectivity index is 2.20. The average molecular weight is 348 g/mol. The topological polar surface area (TPSA) is 92.8 Å². The van der Waals surface area contributed by atoms with Gasteiger partial charge in [-0.25, -0.2) is 26.7 Å². The van der Waals surface area contributed by atoms with Crippen LogP contribution in [0.2, 0.25) is 0 Å². The van der Waals surface area contributed by atoms with E-state index in [-0.39, 0.29) is 13.0 Å². The molecule has 23 heavy (non-hydrogen) atoms. The molecule has 7 nitrogen and oxygen atoms in total. The van der Waals surface area contributed by atoms with E-state index in [0.29, 0.717) is 18.6 Å². The summed E-state index contributed by atoms with van der Waals surface area (Å²) >= 11 is 0. The van der Waals surface area contributed by atoms with Crippen molar-refractivity contribution in [2.24, 2.45) is 0 Å². The molecule has 1 saturated heterocycles. The first-order valence-electron chi connectivity index (χ1n) is 6.62. The van der Waals surface area contributed by atoms with Crippen LogP contribution in [0.4, 0.5) is 13.6 Å². The lowest BCUT2D eigenvalue weighted by Crippen LogP contribution is -2.47. The van der Waals surface area contributed by atoms with Crippen molar-refractivity contribution in [3.63, 3.8) is 0 Å². The molecular formula is C13H14F2N2O5S. The van der Waals surface area contributed by atoms with Gasteiger partial charge in [-0.05, 0) is 25.0 Å². The monoisotopic (exact) mass is 348 g/mol. The second-order valence-corrected chi connectivity index (χ2v) is 6.52. The quantitative estimate of drug-likeness (QED) is 0.880. The lowest BCUT2D eigenvalue weighted by atomic mass is 10.2. The van der Waals surface area contributed by atoms with Gasteiger partial charge in [0, 0.05) is 12.6 Å². The Bertz CT molecular complexity index is 738. The third-order valence-electron chi connectivity index (χ3n) is 3.38. The van der Waals surface area contributed by atoms with Gasteiger partial charge in [-0.15, -0.1) is 0 Å². The molecule has 0 spiro atoms. The van der Waals surface area contributed by atoms with E-state index in [1.54, 1.807) is 4.72 Å². The van der Waals surface area contributed by atoms with E-state index in [1.165, 1.54) is 0 Å². The van der Waals surface area contributed by atoms with Crippen LogP contribution in [-0.2, 0) is 19.6 Å². The zero-order valence-electron chi connectivity index (χ0n) is 12.1. The van der Waals surface area contributed by atoms with Gasteiger partial charge in [0.05, 0.1) is 7.11 Å². The van der Waals surface area contributed by atoms with E-state index in [2.05, 4.69) is 4.74 Å². The number of rotatable bonds is 3. The molecule has 1 fully saturated rings. The number of benzene rings is 1. The summed E-state index contributed by atoms with van der Waals surface area (Å²) in [6.07, 6.45) is -0.00598. The van der Waals surface area contributed by atoms with Crippen LogP contribution >= 0.6 is 0 Å². The number of hydrogen-bond acceptors (Lipinski definition) is 5. The van der Waals surface area contributed by atoms with Crippen LogP contribution in [0.25, 0.3) is 0 Å². The fourth-order valence-electron chi connectivity index (χ4n) is 2.32. The number of likely N-dealkylation sites (tertiary alicyclic amines) is 1. The molecule has 1 aliphatic rings. The maximum Gasteiger partial charge on any atom is 0.410 e. The number of sulfonamides is 1. The molecule has 0 aromatic heterocycles. The summed E-state index contributed by atoms with van der Waals surface area (Å²) < 4.78 is 56.7. The van der Waals surface area contributed by atoms with Gasteiger partial charge in [0.1, 0.15) is 22.6 Å². The highest BCUT2D eigenvalue weighted by Gasteiger charge is 2.37. The summed E-state index contributed by atoms with van der Waals surface area (Å²) in [4.78, 5) is 23.9. The molecule has 10 heteroatoms. The number of nitrogens with one attached hydrogen (secondary N) is 1. The van der Waals surface area contributed by atoms with Crippen LogP contribution in [-0.4, -0.2) is 45.0 Å². The molecule has 1 aromatic rings. The molecule has 0 aliphatic carbocycles. The van der Waals surface area contributed by atoms with E-state index >= 15 is 0 Å². The SMILES string of the molecule is COC(=O)N1CCCC1C(=O)NS(=O)(=O)c1ccc(F)cc1F. The fourth-order valence-corrected chi connectivity index (χ4v) is 3.40. The molecule has 1 heterocycles. The van der Waals surface area contributed by atoms with Gasteiger partial charge in [0.15, 0.2) is 0 Å². The highest BCUT2D eigenvalue weighted by molar-refractivity contribution is 7.90. The standard InChI is InChI=1S/C13H14F2N2O5S/c1-22-13(19)17-6-2-3-10(17)12(18)16-23(20,21)11-5-4-8(14)7-9(11)15/h4-5,7,10H,2-3,6H2,1H3,(H,16,18). The van der Waals surface area contributed by atoms with E-state index in [9.17, 15) is 26.8 Å². The molecule has 1 N–H and O–H groups in total. The summed E-state index contributed by atoms with van der Waals surface area (Å²) in [5.41, 5.74) is 0. The van der Waals surface area contributed by atoms with Gasteiger partial charge in [-0.3, -0.25) is 9.69 Å². The molecule has 2 amide bonds. The highest BCUT2D eigenvalue weighted by atomic mass is 32.2. The van der Waals surface area contributed by atoms with E-state index in [4.69, 9.17) is 0 Å². The van der Waals surface area contributed by atoms with Crippen LogP contribution in [0, 0.1) is 11.6 Å². The second-order valence-electron chi connectivity index (χ2n) is 4.87.